The predicted octanol–water partition coefficient (Wildman–Crippen LogP) is 2.75. The molecular formula is C12H19F12N4Ti. The van der Waals surface area contributed by atoms with E-state index < -0.39 is 63.0 Å². The summed E-state index contributed by atoms with van der Waals surface area (Å²) in [6, 6.07) is 0. The molecule has 1 heterocycles. The third-order valence-electron chi connectivity index (χ3n) is 4.91. The molecule has 29 heavy (non-hydrogen) atoms. The molecule has 0 aliphatic carbocycles. The average Bonchev–Trinajstić information content (AvgIpc) is 2.44. The van der Waals surface area contributed by atoms with E-state index in [0.29, 0.717) is 0 Å². The van der Waals surface area contributed by atoms with Gasteiger partial charge in [-0.1, -0.05) is 0 Å². The van der Waals surface area contributed by atoms with Crippen LogP contribution in [0.15, 0.2) is 0 Å². The quantitative estimate of drug-likeness (QED) is 0.387. The van der Waals surface area contributed by atoms with Crippen LogP contribution >= 0.6 is 0 Å². The van der Waals surface area contributed by atoms with Crippen molar-refractivity contribution in [3.63, 3.8) is 0 Å². The van der Waals surface area contributed by atoms with Crippen LogP contribution in [-0.2, 0) is 15.6 Å². The molecule has 1 saturated heterocycles. The van der Waals surface area contributed by atoms with Crippen molar-refractivity contribution < 1.29 is 68.2 Å². The average molecular weight is 495 g/mol. The topological polar surface area (TPSA) is 39.3 Å². The molecule has 0 amide bonds. The summed E-state index contributed by atoms with van der Waals surface area (Å²) in [7, 11) is 0. The number of nitrogens with one attached hydrogen (secondary N) is 3. The van der Waals surface area contributed by atoms with Crippen LogP contribution in [0.2, 0.25) is 0 Å². The molecule has 0 saturated carbocycles. The van der Waals surface area contributed by atoms with Crippen molar-refractivity contribution in [3.8, 4) is 0 Å². The number of hydrogen-bond donors (Lipinski definition) is 3. The zero-order valence-corrected chi connectivity index (χ0v) is 16.2. The van der Waals surface area contributed by atoms with Gasteiger partial charge in [0.15, 0.2) is 0 Å². The van der Waals surface area contributed by atoms with E-state index in [4.69, 9.17) is 0 Å². The Kier molecular flexibility index (Phi) is 8.01. The van der Waals surface area contributed by atoms with Gasteiger partial charge in [-0.3, -0.25) is 0 Å². The van der Waals surface area contributed by atoms with Gasteiger partial charge in [0.05, 0.1) is 0 Å². The van der Waals surface area contributed by atoms with Crippen LogP contribution in [0.25, 0.3) is 0 Å². The van der Waals surface area contributed by atoms with Crippen LogP contribution in [0.4, 0.5) is 52.7 Å². The van der Waals surface area contributed by atoms with Gasteiger partial charge in [-0.05, 0) is 0 Å². The van der Waals surface area contributed by atoms with Gasteiger partial charge in [-0.25, -0.2) is 0 Å². The van der Waals surface area contributed by atoms with Crippen LogP contribution in [-0.4, -0.2) is 73.7 Å². The van der Waals surface area contributed by atoms with Crippen molar-refractivity contribution in [1.29, 1.82) is 0 Å². The Morgan fingerprint density at radius 2 is 0.690 bits per heavy atom. The molecule has 0 aromatic rings. The van der Waals surface area contributed by atoms with Gasteiger partial charge in [-0.2, -0.15) is 0 Å². The van der Waals surface area contributed by atoms with E-state index in [9.17, 15) is 52.7 Å². The Labute approximate surface area is 158 Å². The standard InChI is InChI=1S/C8H19N4.4CF3.Ti/c1-2-10-5-6-12-8-7-11-4-3-9-1;4*2-1(3)4;/h9-11H,1-8H2;;;;;/q-1;;;;;+1. The van der Waals surface area contributed by atoms with Gasteiger partial charge < -0.3 is 0 Å². The van der Waals surface area contributed by atoms with E-state index in [1.165, 1.54) is 0 Å². The van der Waals surface area contributed by atoms with Gasteiger partial charge in [0, 0.05) is 0 Å². The summed E-state index contributed by atoms with van der Waals surface area (Å²) in [5.41, 5.74) is 0. The zero-order valence-electron chi connectivity index (χ0n) is 14.6. The Balaban J connectivity index is 3.84. The number of alkyl halides is 12. The van der Waals surface area contributed by atoms with E-state index in [0.717, 1.165) is 0 Å². The third kappa shape index (κ3) is 3.77. The van der Waals surface area contributed by atoms with E-state index in [2.05, 4.69) is 16.0 Å². The Morgan fingerprint density at radius 1 is 0.448 bits per heavy atom. The maximum atomic E-state index is 13.7. The fraction of sp³-hybridized carbons (Fsp3) is 1.00. The minimum absolute atomic E-state index is 0.0767. The summed E-state index contributed by atoms with van der Waals surface area (Å²) >= 11 is -11.7. The zero-order chi connectivity index (χ0) is 22.8. The number of halogens is 12. The van der Waals surface area contributed by atoms with Gasteiger partial charge in [-0.15, -0.1) is 0 Å². The summed E-state index contributed by atoms with van der Waals surface area (Å²) in [6.45, 7) is -5.17. The molecule has 0 bridgehead atoms. The second-order valence-electron chi connectivity index (χ2n) is 6.43. The molecule has 175 valence electrons. The monoisotopic (exact) mass is 495 g/mol. The fourth-order valence-electron chi connectivity index (χ4n) is 3.40. The first-order valence-electron chi connectivity index (χ1n) is 8.25. The molecule has 0 aromatic carbocycles. The van der Waals surface area contributed by atoms with Gasteiger partial charge in [0.2, 0.25) is 0 Å². The third-order valence-corrected chi connectivity index (χ3v) is 14.5. The van der Waals surface area contributed by atoms with Gasteiger partial charge in [0.25, 0.3) is 0 Å². The number of nitrogens with zero attached hydrogens (tertiary/aromatic N) is 1. The summed E-state index contributed by atoms with van der Waals surface area (Å²) < 4.78 is 132. The summed E-state index contributed by atoms with van der Waals surface area (Å²) in [4.78, 5) is 0. The molecule has 1 rings (SSSR count). The van der Waals surface area contributed by atoms with Gasteiger partial charge >= 0.3 is 158 Å². The van der Waals surface area contributed by atoms with Crippen LogP contribution in [0.5, 0.6) is 0 Å². The number of rotatable bonds is 1. The predicted molar refractivity (Wildman–Crippen MR) is 74.4 cm³/mol. The van der Waals surface area contributed by atoms with E-state index >= 15 is 0 Å². The van der Waals surface area contributed by atoms with Crippen LogP contribution < -0.4 is 16.0 Å². The Morgan fingerprint density at radius 3 is 0.931 bits per heavy atom. The molecular weight excluding hydrogens is 476 g/mol. The van der Waals surface area contributed by atoms with Gasteiger partial charge in [0.1, 0.15) is 0 Å². The summed E-state index contributed by atoms with van der Waals surface area (Å²) in [5.74, 6) is 0. The molecule has 1 aliphatic rings. The Hall–Kier alpha value is -0.286. The number of hydrogen-bond acceptors (Lipinski definition) is 4. The molecule has 0 atom stereocenters. The van der Waals surface area contributed by atoms with E-state index in [1.807, 2.05) is 0 Å². The molecule has 0 unspecified atom stereocenters. The van der Waals surface area contributed by atoms with Crippen molar-refractivity contribution in [3.05, 3.63) is 0 Å². The first-order valence-corrected chi connectivity index (χ1v) is 12.1. The SMILES string of the molecule is F[C](F)(F)[Ti]([N]1CCNCCNCCNCC1)([C](F)(F)F)([C](F)(F)F)[C](F)(F)F. The van der Waals surface area contributed by atoms with E-state index in [-0.39, 0.29) is 26.2 Å². The maximum absolute atomic E-state index is 13.7. The summed E-state index contributed by atoms with van der Waals surface area (Å²) in [6.07, 6.45) is 0. The minimum atomic E-state index is -11.7. The van der Waals surface area contributed by atoms with Crippen LogP contribution in [0, 0.1) is 0 Å². The normalized spacial score (nSPS) is 22.3. The molecule has 0 aromatic heterocycles. The second-order valence-corrected chi connectivity index (χ2v) is 14.7. The molecule has 1 aliphatic heterocycles. The first-order chi connectivity index (χ1) is 13.0. The van der Waals surface area contributed by atoms with E-state index in [1.54, 1.807) is 0 Å². The molecule has 1 fully saturated rings. The van der Waals surface area contributed by atoms with Crippen molar-refractivity contribution in [1.82, 2.24) is 19.3 Å². The molecule has 3 N–H and O–H groups in total. The van der Waals surface area contributed by atoms with Crippen LogP contribution in [0.3, 0.4) is 0 Å². The van der Waals surface area contributed by atoms with Crippen molar-refractivity contribution in [2.45, 2.75) is 17.9 Å². The van der Waals surface area contributed by atoms with Crippen LogP contribution in [0.1, 0.15) is 0 Å². The molecule has 0 spiro atoms. The van der Waals surface area contributed by atoms with Crippen molar-refractivity contribution in [2.75, 3.05) is 52.4 Å². The van der Waals surface area contributed by atoms with Crippen molar-refractivity contribution in [2.24, 2.45) is 0 Å². The van der Waals surface area contributed by atoms with Crippen molar-refractivity contribution >= 4 is 0 Å². The molecule has 4 nitrogen and oxygen atoms in total. The fourth-order valence-corrected chi connectivity index (χ4v) is 10.4. The first kappa shape index (κ1) is 26.7. The Bertz CT molecular complexity index is 461. The summed E-state index contributed by atoms with van der Waals surface area (Å²) in [5, 5.41) is 7.33. The molecule has 0 radical (unpaired) electrons. The molecule has 17 heteroatoms. The second kappa shape index (κ2) is 8.69.